The molecule has 0 spiro atoms. The monoisotopic (exact) mass is 345 g/mol. The number of phenols is 2. The predicted molar refractivity (Wildman–Crippen MR) is 106 cm³/mol. The number of aryl methyl sites for hydroxylation is 1. The molecule has 0 aromatic heterocycles. The summed E-state index contributed by atoms with van der Waals surface area (Å²) in [5.41, 5.74) is 2.67. The fourth-order valence-electron chi connectivity index (χ4n) is 3.84. The summed E-state index contributed by atoms with van der Waals surface area (Å²) in [5, 5.41) is 21.4. The number of benzene rings is 1. The molecule has 25 heavy (non-hydrogen) atoms. The second kappa shape index (κ2) is 9.12. The standard InChI is InChI=1S/C23H34O2/c1-5-6-7-8-9-10-18-14-21(24)23(22(25)15-18)20-13-17(4)11-12-19(20)16(2)3/h13-15,19-20,24-25H,2,5-12H2,1,3-4H3/t19-,20+/m0/s1/i4D3. The van der Waals surface area contributed by atoms with Crippen LogP contribution < -0.4 is 0 Å². The largest absolute Gasteiger partial charge is 0.507 e. The minimum Gasteiger partial charge on any atom is -0.507 e. The van der Waals surface area contributed by atoms with Crippen LogP contribution in [0.2, 0.25) is 0 Å². The van der Waals surface area contributed by atoms with Crippen molar-refractivity contribution < 1.29 is 14.3 Å². The van der Waals surface area contributed by atoms with Crippen molar-refractivity contribution >= 4 is 0 Å². The van der Waals surface area contributed by atoms with E-state index in [0.29, 0.717) is 24.0 Å². The second-order valence-electron chi connectivity index (χ2n) is 7.42. The van der Waals surface area contributed by atoms with Crippen LogP contribution in [0.1, 0.15) is 86.8 Å². The molecule has 2 rings (SSSR count). The van der Waals surface area contributed by atoms with Crippen molar-refractivity contribution in [1.82, 2.24) is 0 Å². The molecule has 1 aliphatic rings. The third kappa shape index (κ3) is 5.14. The van der Waals surface area contributed by atoms with Crippen molar-refractivity contribution in [2.24, 2.45) is 5.92 Å². The number of allylic oxidation sites excluding steroid dienone is 3. The van der Waals surface area contributed by atoms with Gasteiger partial charge in [-0.15, -0.1) is 0 Å². The van der Waals surface area contributed by atoms with E-state index in [9.17, 15) is 10.2 Å². The number of rotatable bonds is 8. The number of aromatic hydroxyl groups is 2. The summed E-state index contributed by atoms with van der Waals surface area (Å²) in [7, 11) is 0. The van der Waals surface area contributed by atoms with Gasteiger partial charge in [-0.3, -0.25) is 0 Å². The van der Waals surface area contributed by atoms with Crippen molar-refractivity contribution in [2.45, 2.75) is 78.0 Å². The third-order valence-corrected chi connectivity index (χ3v) is 5.27. The molecular formula is C23H34O2. The van der Waals surface area contributed by atoms with Crippen molar-refractivity contribution in [3.8, 4) is 11.5 Å². The molecule has 0 heterocycles. The normalized spacial score (nSPS) is 22.6. The summed E-state index contributed by atoms with van der Waals surface area (Å²) >= 11 is 0. The van der Waals surface area contributed by atoms with Gasteiger partial charge in [0.25, 0.3) is 0 Å². The zero-order valence-electron chi connectivity index (χ0n) is 18.6. The van der Waals surface area contributed by atoms with Gasteiger partial charge in [-0.25, -0.2) is 0 Å². The van der Waals surface area contributed by atoms with E-state index >= 15 is 0 Å². The maximum absolute atomic E-state index is 10.7. The molecule has 2 nitrogen and oxygen atoms in total. The Bertz CT molecular complexity index is 696. The zero-order chi connectivity index (χ0) is 20.9. The lowest BCUT2D eigenvalue weighted by Crippen LogP contribution is -2.17. The number of phenolic OH excluding ortho intramolecular Hbond substituents is 2. The summed E-state index contributed by atoms with van der Waals surface area (Å²) < 4.78 is 23.2. The highest BCUT2D eigenvalue weighted by Gasteiger charge is 2.30. The van der Waals surface area contributed by atoms with Crippen LogP contribution in [0.3, 0.4) is 0 Å². The Morgan fingerprint density at radius 3 is 2.48 bits per heavy atom. The SMILES string of the molecule is [2H]C([2H])([2H])C1=C[C@@H](c2c(O)cc(CCCCCCC)cc2O)[C@H](C(=C)C)CC1. The minimum absolute atomic E-state index is 0.00259. The zero-order valence-corrected chi connectivity index (χ0v) is 15.6. The van der Waals surface area contributed by atoms with Crippen LogP contribution in [0.5, 0.6) is 11.5 Å². The number of hydrogen-bond donors (Lipinski definition) is 2. The fraction of sp³-hybridized carbons (Fsp3) is 0.565. The number of hydrogen-bond acceptors (Lipinski definition) is 2. The molecule has 0 aliphatic heterocycles. The molecule has 0 saturated carbocycles. The van der Waals surface area contributed by atoms with E-state index in [1.807, 2.05) is 6.92 Å². The van der Waals surface area contributed by atoms with E-state index in [0.717, 1.165) is 30.4 Å². The summed E-state index contributed by atoms with van der Waals surface area (Å²) in [5.74, 6) is -0.284. The van der Waals surface area contributed by atoms with Crippen molar-refractivity contribution in [3.05, 3.63) is 47.1 Å². The highest BCUT2D eigenvalue weighted by Crippen LogP contribution is 2.46. The molecule has 2 N–H and O–H groups in total. The Hall–Kier alpha value is -1.70. The van der Waals surface area contributed by atoms with E-state index in [1.165, 1.54) is 19.3 Å². The number of unbranched alkanes of at least 4 members (excludes halogenated alkanes) is 4. The molecule has 2 atom stereocenters. The van der Waals surface area contributed by atoms with Gasteiger partial charge in [-0.05, 0) is 63.1 Å². The van der Waals surface area contributed by atoms with E-state index in [1.54, 1.807) is 18.2 Å². The predicted octanol–water partition coefficient (Wildman–Crippen LogP) is 6.63. The van der Waals surface area contributed by atoms with Gasteiger partial charge < -0.3 is 10.2 Å². The highest BCUT2D eigenvalue weighted by atomic mass is 16.3. The summed E-state index contributed by atoms with van der Waals surface area (Å²) in [6, 6.07) is 3.45. The van der Waals surface area contributed by atoms with Crippen LogP contribution in [-0.4, -0.2) is 10.2 Å². The average Bonchev–Trinajstić information content (AvgIpc) is 2.60. The smallest absolute Gasteiger partial charge is 0.123 e. The lowest BCUT2D eigenvalue weighted by Gasteiger charge is -2.31. The maximum Gasteiger partial charge on any atom is 0.123 e. The Kier molecular flexibility index (Phi) is 5.67. The molecule has 138 valence electrons. The molecule has 1 aliphatic carbocycles. The molecule has 0 unspecified atom stereocenters. The molecule has 1 aromatic rings. The van der Waals surface area contributed by atoms with Crippen molar-refractivity contribution in [2.75, 3.05) is 0 Å². The van der Waals surface area contributed by atoms with E-state index < -0.39 is 6.85 Å². The van der Waals surface area contributed by atoms with Crippen LogP contribution in [0, 0.1) is 5.92 Å². The first kappa shape index (κ1) is 15.5. The molecule has 0 amide bonds. The van der Waals surface area contributed by atoms with Crippen LogP contribution in [0.4, 0.5) is 0 Å². The first-order chi connectivity index (χ1) is 13.1. The minimum atomic E-state index is -2.15. The average molecular weight is 346 g/mol. The summed E-state index contributed by atoms with van der Waals surface area (Å²) in [6.45, 7) is 6.01. The molecule has 0 bridgehead atoms. The summed E-state index contributed by atoms with van der Waals surface area (Å²) in [6.07, 6.45) is 9.49. The second-order valence-corrected chi connectivity index (χ2v) is 7.42. The van der Waals surface area contributed by atoms with Crippen molar-refractivity contribution in [1.29, 1.82) is 0 Å². The van der Waals surface area contributed by atoms with Gasteiger partial charge in [0, 0.05) is 15.6 Å². The van der Waals surface area contributed by atoms with Gasteiger partial charge in [-0.1, -0.05) is 56.4 Å². The molecule has 0 saturated heterocycles. The van der Waals surface area contributed by atoms with Gasteiger partial charge in [0.2, 0.25) is 0 Å². The molecular weight excluding hydrogens is 308 g/mol. The highest BCUT2D eigenvalue weighted by molar-refractivity contribution is 5.51. The quantitative estimate of drug-likeness (QED) is 0.410. The topological polar surface area (TPSA) is 40.5 Å². The molecule has 2 heteroatoms. The first-order valence-electron chi connectivity index (χ1n) is 11.1. The van der Waals surface area contributed by atoms with Crippen LogP contribution in [0.25, 0.3) is 0 Å². The van der Waals surface area contributed by atoms with E-state index in [4.69, 9.17) is 4.11 Å². The van der Waals surface area contributed by atoms with E-state index in [2.05, 4.69) is 13.5 Å². The van der Waals surface area contributed by atoms with Gasteiger partial charge in [0.1, 0.15) is 11.5 Å². The van der Waals surface area contributed by atoms with Gasteiger partial charge in [0.05, 0.1) is 0 Å². The van der Waals surface area contributed by atoms with Gasteiger partial charge >= 0.3 is 0 Å². The Balaban J connectivity index is 2.29. The third-order valence-electron chi connectivity index (χ3n) is 5.27. The van der Waals surface area contributed by atoms with Gasteiger partial charge in [0.15, 0.2) is 0 Å². The molecule has 1 aromatic carbocycles. The van der Waals surface area contributed by atoms with Gasteiger partial charge in [-0.2, -0.15) is 0 Å². The van der Waals surface area contributed by atoms with E-state index in [-0.39, 0.29) is 23.3 Å². The molecule has 0 fully saturated rings. The van der Waals surface area contributed by atoms with Crippen LogP contribution in [-0.2, 0) is 6.42 Å². The first-order valence-corrected chi connectivity index (χ1v) is 9.56. The lowest BCUT2D eigenvalue weighted by molar-refractivity contribution is 0.406. The van der Waals surface area contributed by atoms with Crippen LogP contribution in [0.15, 0.2) is 35.9 Å². The Labute approximate surface area is 157 Å². The Morgan fingerprint density at radius 1 is 1.20 bits per heavy atom. The Morgan fingerprint density at radius 2 is 1.88 bits per heavy atom. The lowest BCUT2D eigenvalue weighted by atomic mass is 9.73. The molecule has 0 radical (unpaired) electrons. The summed E-state index contributed by atoms with van der Waals surface area (Å²) in [4.78, 5) is 0. The van der Waals surface area contributed by atoms with Crippen LogP contribution >= 0.6 is 0 Å². The van der Waals surface area contributed by atoms with Crippen molar-refractivity contribution in [3.63, 3.8) is 0 Å². The fourth-order valence-corrected chi connectivity index (χ4v) is 3.84. The maximum atomic E-state index is 10.7.